The Bertz CT molecular complexity index is 393. The Morgan fingerprint density at radius 1 is 1.57 bits per heavy atom. The number of thiophene rings is 1. The van der Waals surface area contributed by atoms with Gasteiger partial charge in [0.15, 0.2) is 0 Å². The summed E-state index contributed by atoms with van der Waals surface area (Å²) in [7, 11) is 0. The summed E-state index contributed by atoms with van der Waals surface area (Å²) in [6.45, 7) is 2.17. The molecule has 1 fully saturated rings. The van der Waals surface area contributed by atoms with E-state index in [-0.39, 0.29) is 5.91 Å². The fraction of sp³-hybridized carbons (Fsp3) is 0.375. The van der Waals surface area contributed by atoms with Crippen LogP contribution in [0.1, 0.15) is 12.5 Å². The summed E-state index contributed by atoms with van der Waals surface area (Å²) >= 11 is 13.1. The molecule has 0 aromatic carbocycles. The predicted octanol–water partition coefficient (Wildman–Crippen LogP) is 1.95. The summed E-state index contributed by atoms with van der Waals surface area (Å²) in [6, 6.07) is 1.77. The molecule has 3 nitrogen and oxygen atoms in total. The number of carbonyl (C=O) groups is 1. The molecule has 0 aliphatic carbocycles. The minimum Gasteiger partial charge on any atom is -0.333 e. The summed E-state index contributed by atoms with van der Waals surface area (Å²) in [5.74, 6) is -0.0362. The minimum absolute atomic E-state index is 0.0362. The molecular weight excluding hydrogens is 243 g/mol. The van der Waals surface area contributed by atoms with Gasteiger partial charge in [-0.05, 0) is 13.0 Å². The normalized spacial score (nSPS) is 26.6. The average molecular weight is 251 g/mol. The number of carbonyl (C=O) groups excluding carboxylic acids is 1. The lowest BCUT2D eigenvalue weighted by Gasteiger charge is -2.23. The van der Waals surface area contributed by atoms with Crippen LogP contribution in [0.2, 0.25) is 8.67 Å². The molecule has 1 amide bonds. The summed E-state index contributed by atoms with van der Waals surface area (Å²) < 4.78 is 1.22. The molecule has 1 saturated heterocycles. The fourth-order valence-electron chi connectivity index (χ4n) is 1.47. The predicted molar refractivity (Wildman–Crippen MR) is 57.8 cm³/mol. The maximum Gasteiger partial charge on any atom is 0.235 e. The van der Waals surface area contributed by atoms with Crippen LogP contribution in [0.15, 0.2) is 6.07 Å². The highest BCUT2D eigenvalue weighted by Crippen LogP contribution is 2.37. The van der Waals surface area contributed by atoms with E-state index in [4.69, 9.17) is 23.2 Å². The molecule has 0 radical (unpaired) electrons. The van der Waals surface area contributed by atoms with E-state index in [0.717, 1.165) is 5.56 Å². The van der Waals surface area contributed by atoms with E-state index in [0.29, 0.717) is 15.2 Å². The summed E-state index contributed by atoms with van der Waals surface area (Å²) in [5, 5.41) is 5.87. The van der Waals surface area contributed by atoms with E-state index in [1.807, 2.05) is 6.92 Å². The van der Waals surface area contributed by atoms with Crippen molar-refractivity contribution < 1.29 is 4.79 Å². The first-order valence-corrected chi connectivity index (χ1v) is 5.60. The molecule has 1 aromatic heterocycles. The maximum atomic E-state index is 11.1. The minimum atomic E-state index is -0.586. The second-order valence-electron chi connectivity index (χ2n) is 3.26. The Balaban J connectivity index is 2.39. The number of nitrogens with one attached hydrogen (secondary N) is 2. The molecule has 2 N–H and O–H groups in total. The molecule has 1 aromatic rings. The molecule has 2 rings (SSSR count). The largest absolute Gasteiger partial charge is 0.333 e. The van der Waals surface area contributed by atoms with Gasteiger partial charge in [0, 0.05) is 5.56 Å². The summed E-state index contributed by atoms with van der Waals surface area (Å²) in [4.78, 5) is 11.1. The van der Waals surface area contributed by atoms with E-state index in [1.165, 1.54) is 11.3 Å². The van der Waals surface area contributed by atoms with E-state index in [1.54, 1.807) is 6.07 Å². The second kappa shape index (κ2) is 3.38. The third kappa shape index (κ3) is 1.63. The molecule has 1 aliphatic rings. The van der Waals surface area contributed by atoms with Crippen molar-refractivity contribution in [2.75, 3.05) is 6.54 Å². The van der Waals surface area contributed by atoms with E-state index >= 15 is 0 Å². The Kier molecular flexibility index (Phi) is 2.47. The molecule has 1 unspecified atom stereocenters. The first kappa shape index (κ1) is 10.2. The number of rotatable bonds is 1. The zero-order chi connectivity index (χ0) is 10.3. The van der Waals surface area contributed by atoms with Crippen LogP contribution in [0.4, 0.5) is 0 Å². The third-order valence-electron chi connectivity index (χ3n) is 2.19. The van der Waals surface area contributed by atoms with Gasteiger partial charge in [0.1, 0.15) is 10.00 Å². The Morgan fingerprint density at radius 3 is 2.71 bits per heavy atom. The van der Waals surface area contributed by atoms with E-state index in [9.17, 15) is 4.79 Å². The summed E-state index contributed by atoms with van der Waals surface area (Å²) in [5.41, 5.74) is 0.234. The van der Waals surface area contributed by atoms with Crippen molar-refractivity contribution >= 4 is 40.4 Å². The van der Waals surface area contributed by atoms with Crippen molar-refractivity contribution in [2.45, 2.75) is 12.6 Å². The Morgan fingerprint density at radius 2 is 2.29 bits per heavy atom. The molecular formula is C8H8Cl2N2OS. The highest BCUT2D eigenvalue weighted by atomic mass is 35.5. The van der Waals surface area contributed by atoms with Gasteiger partial charge in [0.25, 0.3) is 0 Å². The van der Waals surface area contributed by atoms with Gasteiger partial charge >= 0.3 is 0 Å². The van der Waals surface area contributed by atoms with Crippen LogP contribution in [0.3, 0.4) is 0 Å². The smallest absolute Gasteiger partial charge is 0.235 e. The zero-order valence-electron chi connectivity index (χ0n) is 7.36. The fourth-order valence-corrected chi connectivity index (χ4v) is 3.14. The van der Waals surface area contributed by atoms with Crippen LogP contribution < -0.4 is 10.6 Å². The molecule has 1 atom stereocenters. The van der Waals surface area contributed by atoms with Crippen molar-refractivity contribution in [3.05, 3.63) is 20.3 Å². The van der Waals surface area contributed by atoms with Crippen molar-refractivity contribution in [1.29, 1.82) is 0 Å². The van der Waals surface area contributed by atoms with Gasteiger partial charge in [-0.25, -0.2) is 0 Å². The third-order valence-corrected chi connectivity index (χ3v) is 3.67. The lowest BCUT2D eigenvalue weighted by molar-refractivity contribution is -0.118. The monoisotopic (exact) mass is 250 g/mol. The van der Waals surface area contributed by atoms with Crippen molar-refractivity contribution in [3.8, 4) is 0 Å². The van der Waals surface area contributed by atoms with Crippen LogP contribution in [0.5, 0.6) is 0 Å². The Labute approximate surface area is 95.4 Å². The standard InChI is InChI=1S/C8H8Cl2N2OS/c1-8(11-3-6(13)12-8)4-2-5(9)14-7(4)10/h2,11H,3H2,1H3,(H,12,13). The van der Waals surface area contributed by atoms with Crippen LogP contribution in [0.25, 0.3) is 0 Å². The molecule has 0 spiro atoms. The number of halogens is 2. The highest BCUT2D eigenvalue weighted by molar-refractivity contribution is 7.20. The Hall–Kier alpha value is -0.290. The van der Waals surface area contributed by atoms with E-state index < -0.39 is 5.66 Å². The maximum absolute atomic E-state index is 11.1. The first-order chi connectivity index (χ1) is 6.51. The molecule has 76 valence electrons. The second-order valence-corrected chi connectivity index (χ2v) is 5.55. The lowest BCUT2D eigenvalue weighted by atomic mass is 10.1. The number of amides is 1. The van der Waals surface area contributed by atoms with Gasteiger partial charge in [0.2, 0.25) is 5.91 Å². The van der Waals surface area contributed by atoms with Gasteiger partial charge in [0.05, 0.1) is 10.9 Å². The average Bonchev–Trinajstić information content (AvgIpc) is 2.57. The molecule has 2 heterocycles. The van der Waals surface area contributed by atoms with Crippen molar-refractivity contribution in [1.82, 2.24) is 10.6 Å². The number of hydrogen-bond donors (Lipinski definition) is 2. The van der Waals surface area contributed by atoms with E-state index in [2.05, 4.69) is 10.6 Å². The molecule has 14 heavy (non-hydrogen) atoms. The molecule has 1 aliphatic heterocycles. The van der Waals surface area contributed by atoms with Crippen LogP contribution in [-0.2, 0) is 10.5 Å². The number of hydrogen-bond acceptors (Lipinski definition) is 3. The molecule has 6 heteroatoms. The van der Waals surface area contributed by atoms with Gasteiger partial charge in [-0.15, -0.1) is 11.3 Å². The van der Waals surface area contributed by atoms with Crippen LogP contribution in [-0.4, -0.2) is 12.5 Å². The lowest BCUT2D eigenvalue weighted by Crippen LogP contribution is -2.43. The van der Waals surface area contributed by atoms with Crippen molar-refractivity contribution in [3.63, 3.8) is 0 Å². The quantitative estimate of drug-likeness (QED) is 0.800. The molecule has 0 bridgehead atoms. The van der Waals surface area contributed by atoms with Gasteiger partial charge in [-0.2, -0.15) is 0 Å². The van der Waals surface area contributed by atoms with Gasteiger partial charge in [-0.3, -0.25) is 10.1 Å². The highest BCUT2D eigenvalue weighted by Gasteiger charge is 2.36. The van der Waals surface area contributed by atoms with Gasteiger partial charge in [-0.1, -0.05) is 23.2 Å². The van der Waals surface area contributed by atoms with Crippen LogP contribution in [0, 0.1) is 0 Å². The molecule has 0 saturated carbocycles. The van der Waals surface area contributed by atoms with Crippen LogP contribution >= 0.6 is 34.5 Å². The first-order valence-electron chi connectivity index (χ1n) is 4.02. The van der Waals surface area contributed by atoms with Gasteiger partial charge < -0.3 is 5.32 Å². The van der Waals surface area contributed by atoms with Crippen molar-refractivity contribution in [2.24, 2.45) is 0 Å². The zero-order valence-corrected chi connectivity index (χ0v) is 9.69. The topological polar surface area (TPSA) is 41.1 Å². The SMILES string of the molecule is CC1(c2cc(Cl)sc2Cl)NCC(=O)N1. The summed E-state index contributed by atoms with van der Waals surface area (Å²) in [6.07, 6.45) is 0.